The van der Waals surface area contributed by atoms with Crippen molar-refractivity contribution in [1.82, 2.24) is 9.97 Å². The van der Waals surface area contributed by atoms with Crippen LogP contribution < -0.4 is 10.6 Å². The zero-order chi connectivity index (χ0) is 17.7. The number of benzene rings is 1. The van der Waals surface area contributed by atoms with E-state index in [1.165, 1.54) is 0 Å². The fourth-order valence-electron chi connectivity index (χ4n) is 2.15. The first kappa shape index (κ1) is 18.4. The van der Waals surface area contributed by atoms with E-state index in [0.29, 0.717) is 17.6 Å². The molecular weight excluding hydrogens is 368 g/mol. The van der Waals surface area contributed by atoms with E-state index in [4.69, 9.17) is 0 Å². The molecule has 1 heterocycles. The van der Waals surface area contributed by atoms with E-state index in [-0.39, 0.29) is 5.91 Å². The Hall–Kier alpha value is -1.95. The number of nitrogens with one attached hydrogen (secondary N) is 2. The summed E-state index contributed by atoms with van der Waals surface area (Å²) in [5.74, 6) is 0.854. The fraction of sp³-hybridized carbons (Fsp3) is 0.389. The minimum atomic E-state index is -0.242. The van der Waals surface area contributed by atoms with E-state index in [1.807, 2.05) is 32.0 Å². The SMILES string of the molecule is Cc1cc(C(=O)Nc2ccc(Br)c(C)c2)nc(NCCC(C)C)n1. The summed E-state index contributed by atoms with van der Waals surface area (Å²) in [6.45, 7) is 8.95. The van der Waals surface area contributed by atoms with Gasteiger partial charge in [0.25, 0.3) is 5.91 Å². The minimum absolute atomic E-state index is 0.242. The monoisotopic (exact) mass is 390 g/mol. The van der Waals surface area contributed by atoms with Crippen LogP contribution in [0.2, 0.25) is 0 Å². The number of aromatic nitrogens is 2. The number of aryl methyl sites for hydroxylation is 2. The van der Waals surface area contributed by atoms with Crippen molar-refractivity contribution < 1.29 is 4.79 Å². The molecule has 0 fully saturated rings. The van der Waals surface area contributed by atoms with Crippen molar-refractivity contribution in [3.05, 3.63) is 45.7 Å². The van der Waals surface area contributed by atoms with Crippen LogP contribution in [-0.4, -0.2) is 22.4 Å². The topological polar surface area (TPSA) is 66.9 Å². The second-order valence-corrected chi connectivity index (χ2v) is 7.10. The van der Waals surface area contributed by atoms with Crippen LogP contribution in [-0.2, 0) is 0 Å². The van der Waals surface area contributed by atoms with E-state index >= 15 is 0 Å². The summed E-state index contributed by atoms with van der Waals surface area (Å²) in [5, 5.41) is 6.06. The molecule has 2 rings (SSSR count). The maximum absolute atomic E-state index is 12.5. The summed E-state index contributed by atoms with van der Waals surface area (Å²) in [7, 11) is 0. The molecule has 0 saturated heterocycles. The third-order valence-corrected chi connectivity index (χ3v) is 4.40. The van der Waals surface area contributed by atoms with Gasteiger partial charge in [0, 0.05) is 22.4 Å². The number of carbonyl (C=O) groups is 1. The normalized spacial score (nSPS) is 10.8. The van der Waals surface area contributed by atoms with Crippen LogP contribution in [0.5, 0.6) is 0 Å². The molecule has 0 atom stereocenters. The van der Waals surface area contributed by atoms with Gasteiger partial charge in [0.15, 0.2) is 0 Å². The summed E-state index contributed by atoms with van der Waals surface area (Å²) in [5.41, 5.74) is 2.92. The highest BCUT2D eigenvalue weighted by Crippen LogP contribution is 2.20. The smallest absolute Gasteiger partial charge is 0.274 e. The van der Waals surface area contributed by atoms with E-state index in [1.54, 1.807) is 6.07 Å². The van der Waals surface area contributed by atoms with Crippen molar-refractivity contribution in [3.63, 3.8) is 0 Å². The Bertz CT molecular complexity index is 731. The van der Waals surface area contributed by atoms with Crippen LogP contribution >= 0.6 is 15.9 Å². The molecule has 128 valence electrons. The first-order valence-electron chi connectivity index (χ1n) is 8.02. The molecule has 1 amide bonds. The first-order valence-corrected chi connectivity index (χ1v) is 8.81. The predicted octanol–water partition coefficient (Wildman–Crippen LogP) is 4.57. The summed E-state index contributed by atoms with van der Waals surface area (Å²) in [6, 6.07) is 7.37. The Morgan fingerprint density at radius 2 is 1.96 bits per heavy atom. The van der Waals surface area contributed by atoms with Crippen molar-refractivity contribution in [2.24, 2.45) is 5.92 Å². The highest BCUT2D eigenvalue weighted by molar-refractivity contribution is 9.10. The molecular formula is C18H23BrN4O. The summed E-state index contributed by atoms with van der Waals surface area (Å²) < 4.78 is 1.01. The Morgan fingerprint density at radius 3 is 2.62 bits per heavy atom. The molecule has 0 aliphatic rings. The van der Waals surface area contributed by atoms with Gasteiger partial charge in [-0.1, -0.05) is 29.8 Å². The lowest BCUT2D eigenvalue weighted by Crippen LogP contribution is -2.16. The van der Waals surface area contributed by atoms with Crippen LogP contribution in [0.3, 0.4) is 0 Å². The quantitative estimate of drug-likeness (QED) is 0.757. The van der Waals surface area contributed by atoms with Gasteiger partial charge in [0.2, 0.25) is 5.95 Å². The van der Waals surface area contributed by atoms with Crippen LogP contribution in [0.1, 0.15) is 42.0 Å². The summed E-state index contributed by atoms with van der Waals surface area (Å²) in [6.07, 6.45) is 1.02. The molecule has 0 bridgehead atoms. The van der Waals surface area contributed by atoms with E-state index in [9.17, 15) is 4.79 Å². The summed E-state index contributed by atoms with van der Waals surface area (Å²) >= 11 is 3.45. The van der Waals surface area contributed by atoms with Gasteiger partial charge < -0.3 is 10.6 Å². The molecule has 1 aromatic heterocycles. The number of hydrogen-bond donors (Lipinski definition) is 2. The molecule has 0 radical (unpaired) electrons. The van der Waals surface area contributed by atoms with Crippen molar-refractivity contribution in [3.8, 4) is 0 Å². The third-order valence-electron chi connectivity index (χ3n) is 3.51. The molecule has 0 unspecified atom stereocenters. The van der Waals surface area contributed by atoms with Crippen LogP contribution in [0, 0.1) is 19.8 Å². The molecule has 0 aliphatic heterocycles. The largest absolute Gasteiger partial charge is 0.354 e. The zero-order valence-corrected chi connectivity index (χ0v) is 16.1. The number of carbonyl (C=O) groups excluding carboxylic acids is 1. The molecule has 5 nitrogen and oxygen atoms in total. The average Bonchev–Trinajstić information content (AvgIpc) is 2.50. The standard InChI is InChI=1S/C18H23BrN4O/c1-11(2)7-8-20-18-21-13(4)10-16(23-18)17(24)22-14-5-6-15(19)12(3)9-14/h5-6,9-11H,7-8H2,1-4H3,(H,22,24)(H,20,21,23). The van der Waals surface area contributed by atoms with Crippen molar-refractivity contribution in [2.75, 3.05) is 17.2 Å². The lowest BCUT2D eigenvalue weighted by atomic mass is 10.1. The van der Waals surface area contributed by atoms with Gasteiger partial charge in [-0.3, -0.25) is 4.79 Å². The van der Waals surface area contributed by atoms with E-state index in [2.05, 4.69) is 50.4 Å². The van der Waals surface area contributed by atoms with Gasteiger partial charge in [-0.05, 0) is 56.0 Å². The third kappa shape index (κ3) is 5.30. The predicted molar refractivity (Wildman–Crippen MR) is 102 cm³/mol. The molecule has 24 heavy (non-hydrogen) atoms. The number of rotatable bonds is 6. The maximum Gasteiger partial charge on any atom is 0.274 e. The van der Waals surface area contributed by atoms with Crippen molar-refractivity contribution >= 4 is 33.5 Å². The Morgan fingerprint density at radius 1 is 1.21 bits per heavy atom. The molecule has 0 saturated carbocycles. The van der Waals surface area contributed by atoms with Crippen LogP contribution in [0.15, 0.2) is 28.7 Å². The van der Waals surface area contributed by atoms with Gasteiger partial charge in [-0.15, -0.1) is 0 Å². The van der Waals surface area contributed by atoms with Crippen LogP contribution in [0.4, 0.5) is 11.6 Å². The lowest BCUT2D eigenvalue weighted by molar-refractivity contribution is 0.102. The number of nitrogens with zero attached hydrogens (tertiary/aromatic N) is 2. The second-order valence-electron chi connectivity index (χ2n) is 6.25. The maximum atomic E-state index is 12.5. The minimum Gasteiger partial charge on any atom is -0.354 e. The van der Waals surface area contributed by atoms with Gasteiger partial charge in [0.05, 0.1) is 0 Å². The number of halogens is 1. The summed E-state index contributed by atoms with van der Waals surface area (Å²) in [4.78, 5) is 21.1. The van der Waals surface area contributed by atoms with Crippen LogP contribution in [0.25, 0.3) is 0 Å². The zero-order valence-electron chi connectivity index (χ0n) is 14.5. The second kappa shape index (κ2) is 8.24. The van der Waals surface area contributed by atoms with Gasteiger partial charge >= 0.3 is 0 Å². The Labute approximate surface area is 151 Å². The molecule has 0 spiro atoms. The number of hydrogen-bond acceptors (Lipinski definition) is 4. The molecule has 1 aromatic carbocycles. The fourth-order valence-corrected chi connectivity index (χ4v) is 2.40. The first-order chi connectivity index (χ1) is 11.3. The van der Waals surface area contributed by atoms with Gasteiger partial charge in [0.1, 0.15) is 5.69 Å². The highest BCUT2D eigenvalue weighted by Gasteiger charge is 2.11. The molecule has 6 heteroatoms. The number of amides is 1. The van der Waals surface area contributed by atoms with E-state index < -0.39 is 0 Å². The molecule has 2 N–H and O–H groups in total. The van der Waals surface area contributed by atoms with Crippen molar-refractivity contribution in [2.45, 2.75) is 34.1 Å². The average molecular weight is 391 g/mol. The highest BCUT2D eigenvalue weighted by atomic mass is 79.9. The number of anilines is 2. The van der Waals surface area contributed by atoms with E-state index in [0.717, 1.165) is 34.4 Å². The lowest BCUT2D eigenvalue weighted by Gasteiger charge is -2.10. The Kier molecular flexibility index (Phi) is 6.31. The van der Waals surface area contributed by atoms with Crippen molar-refractivity contribution in [1.29, 1.82) is 0 Å². The molecule has 2 aromatic rings. The van der Waals surface area contributed by atoms with Gasteiger partial charge in [-0.25, -0.2) is 9.97 Å². The Balaban J connectivity index is 2.10. The van der Waals surface area contributed by atoms with Gasteiger partial charge in [-0.2, -0.15) is 0 Å². The molecule has 0 aliphatic carbocycles.